The molecule has 0 aromatic carbocycles. The number of thiophene rings is 1. The van der Waals surface area contributed by atoms with Gasteiger partial charge in [-0.1, -0.05) is 6.07 Å². The normalized spacial score (nSPS) is 28.4. The third-order valence-electron chi connectivity index (χ3n) is 3.67. The molecule has 3 atom stereocenters. The topological polar surface area (TPSA) is 78.9 Å². The molecule has 1 saturated heterocycles. The minimum atomic E-state index is -5.24. The van der Waals surface area contributed by atoms with Crippen LogP contribution >= 0.6 is 11.3 Å². The predicted molar refractivity (Wildman–Crippen MR) is 74.5 cm³/mol. The standard InChI is InChI=1S/C13H15F3N2O4S/c1-3-22-10(19)8-9(7-5-4-6-23-7)17-11(20)18(2)12(8,21)13(14,15)16/h4-6,8-9,21H,3H2,1-2H3,(H,17,20)/t8-,9+,12+/m0/s1. The Labute approximate surface area is 133 Å². The van der Waals surface area contributed by atoms with Crippen LogP contribution < -0.4 is 5.32 Å². The van der Waals surface area contributed by atoms with Crippen LogP contribution in [0.25, 0.3) is 0 Å². The summed E-state index contributed by atoms with van der Waals surface area (Å²) in [6.07, 6.45) is -5.24. The smallest absolute Gasteiger partial charge is 0.437 e. The molecule has 0 aliphatic carbocycles. The van der Waals surface area contributed by atoms with Crippen LogP contribution in [0.5, 0.6) is 0 Å². The zero-order valence-electron chi connectivity index (χ0n) is 12.3. The number of nitrogens with zero attached hydrogens (tertiary/aromatic N) is 1. The van der Waals surface area contributed by atoms with E-state index in [0.717, 1.165) is 18.4 Å². The number of nitrogens with one attached hydrogen (secondary N) is 1. The number of carbonyl (C=O) groups is 2. The van der Waals surface area contributed by atoms with Gasteiger partial charge in [0, 0.05) is 11.9 Å². The number of rotatable bonds is 3. The van der Waals surface area contributed by atoms with Crippen LogP contribution in [0.3, 0.4) is 0 Å². The number of aliphatic hydroxyl groups is 1. The van der Waals surface area contributed by atoms with Crippen molar-refractivity contribution in [1.29, 1.82) is 0 Å². The van der Waals surface area contributed by atoms with Crippen molar-refractivity contribution >= 4 is 23.3 Å². The summed E-state index contributed by atoms with van der Waals surface area (Å²) in [6.45, 7) is 1.29. The molecule has 23 heavy (non-hydrogen) atoms. The maximum atomic E-state index is 13.5. The van der Waals surface area contributed by atoms with Gasteiger partial charge in [0.25, 0.3) is 5.72 Å². The zero-order chi connectivity index (χ0) is 17.4. The van der Waals surface area contributed by atoms with Crippen molar-refractivity contribution in [1.82, 2.24) is 10.2 Å². The molecule has 0 radical (unpaired) electrons. The number of urea groups is 1. The van der Waals surface area contributed by atoms with Gasteiger partial charge in [0.1, 0.15) is 5.92 Å². The summed E-state index contributed by atoms with van der Waals surface area (Å²) in [5, 5.41) is 14.2. The van der Waals surface area contributed by atoms with Crippen LogP contribution in [0, 0.1) is 5.92 Å². The highest BCUT2D eigenvalue weighted by Gasteiger charge is 2.69. The highest BCUT2D eigenvalue weighted by molar-refractivity contribution is 7.10. The van der Waals surface area contributed by atoms with Crippen LogP contribution in [0.2, 0.25) is 0 Å². The predicted octanol–water partition coefficient (Wildman–Crippen LogP) is 1.87. The molecule has 0 bridgehead atoms. The number of hydrogen-bond acceptors (Lipinski definition) is 5. The number of ether oxygens (including phenoxy) is 1. The molecular weight excluding hydrogens is 337 g/mol. The van der Waals surface area contributed by atoms with Gasteiger partial charge in [-0.25, -0.2) is 4.79 Å². The number of carbonyl (C=O) groups excluding carboxylic acids is 2. The van der Waals surface area contributed by atoms with Crippen LogP contribution in [0.1, 0.15) is 17.8 Å². The third kappa shape index (κ3) is 2.76. The summed E-state index contributed by atoms with van der Waals surface area (Å²) in [4.78, 5) is 24.5. The number of halogens is 3. The first-order chi connectivity index (χ1) is 10.6. The monoisotopic (exact) mass is 352 g/mol. The van der Waals surface area contributed by atoms with Gasteiger partial charge in [-0.05, 0) is 18.4 Å². The number of hydrogen-bond donors (Lipinski definition) is 2. The largest absolute Gasteiger partial charge is 0.466 e. The summed E-state index contributed by atoms with van der Waals surface area (Å²) >= 11 is 1.06. The van der Waals surface area contributed by atoms with Crippen molar-refractivity contribution in [3.63, 3.8) is 0 Å². The fourth-order valence-corrected chi connectivity index (χ4v) is 3.32. The second-order valence-electron chi connectivity index (χ2n) is 4.96. The molecule has 10 heteroatoms. The first kappa shape index (κ1) is 17.5. The quantitative estimate of drug-likeness (QED) is 0.814. The van der Waals surface area contributed by atoms with Crippen LogP contribution in [0.15, 0.2) is 17.5 Å². The molecule has 1 aromatic heterocycles. The van der Waals surface area contributed by atoms with Gasteiger partial charge in [0.05, 0.1) is 12.6 Å². The molecule has 0 unspecified atom stereocenters. The molecule has 2 rings (SSSR count). The molecule has 128 valence electrons. The highest BCUT2D eigenvalue weighted by atomic mass is 32.1. The maximum Gasteiger partial charge on any atom is 0.437 e. The fourth-order valence-electron chi connectivity index (χ4n) is 2.51. The van der Waals surface area contributed by atoms with E-state index < -0.39 is 35.9 Å². The first-order valence-electron chi connectivity index (χ1n) is 6.68. The van der Waals surface area contributed by atoms with E-state index in [9.17, 15) is 27.9 Å². The van der Waals surface area contributed by atoms with Crippen molar-refractivity contribution in [2.75, 3.05) is 13.7 Å². The van der Waals surface area contributed by atoms with Crippen molar-refractivity contribution in [3.8, 4) is 0 Å². The SMILES string of the molecule is CCOC(=O)[C@@H]1[C@@H](c2cccs2)NC(=O)N(C)[C@]1(O)C(F)(F)F. The van der Waals surface area contributed by atoms with Crippen molar-refractivity contribution in [2.45, 2.75) is 24.9 Å². The average molecular weight is 352 g/mol. The van der Waals surface area contributed by atoms with Gasteiger partial charge in [0.2, 0.25) is 0 Å². The van der Waals surface area contributed by atoms with E-state index in [1.807, 2.05) is 0 Å². The number of alkyl halides is 3. The van der Waals surface area contributed by atoms with E-state index in [1.165, 1.54) is 13.0 Å². The molecule has 2 heterocycles. The Hall–Kier alpha value is -1.81. The summed E-state index contributed by atoms with van der Waals surface area (Å²) in [5.74, 6) is -3.29. The highest BCUT2D eigenvalue weighted by Crippen LogP contribution is 2.47. The van der Waals surface area contributed by atoms with Crippen LogP contribution in [0.4, 0.5) is 18.0 Å². The summed E-state index contributed by atoms with van der Waals surface area (Å²) < 4.78 is 45.3. The Bertz CT molecular complexity index is 593. The summed E-state index contributed by atoms with van der Waals surface area (Å²) in [6, 6.07) is 0.566. The van der Waals surface area contributed by atoms with E-state index in [0.29, 0.717) is 4.88 Å². The number of amides is 2. The van der Waals surface area contributed by atoms with Gasteiger partial charge >= 0.3 is 18.2 Å². The molecule has 2 N–H and O–H groups in total. The second-order valence-corrected chi connectivity index (χ2v) is 5.93. The maximum absolute atomic E-state index is 13.5. The molecule has 6 nitrogen and oxygen atoms in total. The summed E-state index contributed by atoms with van der Waals surface area (Å²) in [5.41, 5.74) is -3.67. The lowest BCUT2D eigenvalue weighted by molar-refractivity contribution is -0.328. The molecule has 2 amide bonds. The second kappa shape index (κ2) is 6.00. The number of esters is 1. The Morgan fingerprint density at radius 1 is 1.57 bits per heavy atom. The van der Waals surface area contributed by atoms with Gasteiger partial charge in [-0.3, -0.25) is 9.69 Å². The van der Waals surface area contributed by atoms with Crippen molar-refractivity contribution < 1.29 is 32.6 Å². The molecule has 1 fully saturated rings. The van der Waals surface area contributed by atoms with E-state index in [2.05, 4.69) is 5.32 Å². The van der Waals surface area contributed by atoms with E-state index in [-0.39, 0.29) is 11.5 Å². The van der Waals surface area contributed by atoms with Gasteiger partial charge < -0.3 is 15.2 Å². The zero-order valence-corrected chi connectivity index (χ0v) is 13.1. The minimum absolute atomic E-state index is 0.0820. The lowest BCUT2D eigenvalue weighted by Gasteiger charge is -2.48. The summed E-state index contributed by atoms with van der Waals surface area (Å²) in [7, 11) is 0.777. The molecular formula is C13H15F3N2O4S. The molecule has 0 saturated carbocycles. The van der Waals surface area contributed by atoms with E-state index in [1.54, 1.807) is 11.4 Å². The van der Waals surface area contributed by atoms with Gasteiger partial charge in [0.15, 0.2) is 0 Å². The van der Waals surface area contributed by atoms with Crippen LogP contribution in [-0.4, -0.2) is 47.6 Å². The van der Waals surface area contributed by atoms with E-state index >= 15 is 0 Å². The molecule has 1 aliphatic rings. The lowest BCUT2D eigenvalue weighted by Crippen LogP contribution is -2.73. The van der Waals surface area contributed by atoms with Crippen LogP contribution in [-0.2, 0) is 9.53 Å². The molecule has 0 spiro atoms. The Kier molecular flexibility index (Phi) is 4.58. The van der Waals surface area contributed by atoms with Gasteiger partial charge in [-0.15, -0.1) is 11.3 Å². The molecule has 1 aromatic rings. The van der Waals surface area contributed by atoms with Gasteiger partial charge in [-0.2, -0.15) is 13.2 Å². The lowest BCUT2D eigenvalue weighted by atomic mass is 9.83. The van der Waals surface area contributed by atoms with E-state index in [4.69, 9.17) is 4.74 Å². The van der Waals surface area contributed by atoms with Crippen molar-refractivity contribution in [2.24, 2.45) is 5.92 Å². The minimum Gasteiger partial charge on any atom is -0.466 e. The first-order valence-corrected chi connectivity index (χ1v) is 7.56. The fraction of sp³-hybridized carbons (Fsp3) is 0.538. The third-order valence-corrected chi connectivity index (χ3v) is 4.62. The molecule has 1 aliphatic heterocycles. The van der Waals surface area contributed by atoms with Crippen molar-refractivity contribution in [3.05, 3.63) is 22.4 Å². The Morgan fingerprint density at radius 3 is 2.70 bits per heavy atom. The Morgan fingerprint density at radius 2 is 2.22 bits per heavy atom. The average Bonchev–Trinajstić information content (AvgIpc) is 2.97. The Balaban J connectivity index is 2.59.